The van der Waals surface area contributed by atoms with Crippen LogP contribution in [0.5, 0.6) is 0 Å². The second-order valence-electron chi connectivity index (χ2n) is 12.7. The molecule has 0 fully saturated rings. The molecule has 0 spiro atoms. The topological polar surface area (TPSA) is 92.2 Å². The second kappa shape index (κ2) is 55.0. The summed E-state index contributed by atoms with van der Waals surface area (Å²) in [5.41, 5.74) is 0. The Morgan fingerprint density at radius 3 is 0.535 bits per heavy atom. The average Bonchev–Trinajstić information content (AvgIpc) is 2.94. The summed E-state index contributed by atoms with van der Waals surface area (Å²) in [5.74, 6) is 0. The van der Waals surface area contributed by atoms with Gasteiger partial charge in [-0.05, 0) is 0 Å². The predicted molar refractivity (Wildman–Crippen MR) is 181 cm³/mol. The summed E-state index contributed by atoms with van der Waals surface area (Å²) in [7, 11) is 0. The van der Waals surface area contributed by atoms with Crippen LogP contribution in [0.2, 0.25) is 0 Å². The van der Waals surface area contributed by atoms with E-state index in [1.165, 1.54) is 154 Å². The number of hydrogen-bond acceptors (Lipinski definition) is 4. The fourth-order valence-corrected chi connectivity index (χ4v) is 4.59. The van der Waals surface area contributed by atoms with E-state index in [0.29, 0.717) is 0 Å². The third-order valence-electron chi connectivity index (χ3n) is 7.00. The van der Waals surface area contributed by atoms with Gasteiger partial charge in [0.15, 0.2) is 0 Å². The van der Waals surface area contributed by atoms with Crippen LogP contribution in [0, 0.1) is 0 Å². The summed E-state index contributed by atoms with van der Waals surface area (Å²) in [6.45, 7) is 11.2. The summed E-state index contributed by atoms with van der Waals surface area (Å²) in [6, 6.07) is 0. The molecule has 0 aliphatic carbocycles. The first kappa shape index (κ1) is 53.1. The quantitative estimate of drug-likeness (QED) is 0.0625. The van der Waals surface area contributed by atoms with E-state index in [-0.39, 0.29) is 34.9 Å². The monoisotopic (exact) mass is 649 g/mol. The van der Waals surface area contributed by atoms with Gasteiger partial charge >= 0.3 is 21.7 Å². The van der Waals surface area contributed by atoms with E-state index in [1.807, 2.05) is 0 Å². The minimum atomic E-state index is -0.417. The maximum absolute atomic E-state index is 10.2. The molecule has 0 aromatic heterocycles. The van der Waals surface area contributed by atoms with Crippen molar-refractivity contribution in [3.8, 4) is 0 Å². The zero-order chi connectivity index (χ0) is 32.4. The molecule has 0 aliphatic heterocycles. The second-order valence-corrected chi connectivity index (χ2v) is 12.7. The number of rotatable bonds is 28. The molecule has 0 heterocycles. The van der Waals surface area contributed by atoms with Crippen molar-refractivity contribution in [3.05, 3.63) is 0 Å². The molecule has 0 saturated carbocycles. The predicted octanol–water partition coefficient (Wildman–Crippen LogP) is 9.16. The molecule has 0 atom stereocenters. The molecule has 0 N–H and O–H groups in total. The maximum atomic E-state index is 10.2. The number of unbranched alkanes of at least 4 members (excludes halogenated alkanes) is 26. The largest absolute Gasteiger partial charge is 4.00 e. The smallest absolute Gasteiger partial charge is 0.854 e. The van der Waals surface area contributed by atoms with Gasteiger partial charge in [-0.25, -0.2) is 0 Å². The van der Waals surface area contributed by atoms with Crippen molar-refractivity contribution < 1.29 is 42.1 Å². The molecule has 260 valence electrons. The van der Waals surface area contributed by atoms with Crippen LogP contribution in [0.15, 0.2) is 0 Å². The van der Waals surface area contributed by atoms with E-state index < -0.39 is 12.2 Å². The van der Waals surface area contributed by atoms with Gasteiger partial charge in [0.05, 0.1) is 0 Å². The van der Waals surface area contributed by atoms with Gasteiger partial charge in [-0.2, -0.15) is 0 Å². The van der Waals surface area contributed by atoms with Gasteiger partial charge in [-0.15, -0.1) is 25.4 Å². The van der Waals surface area contributed by atoms with Crippen molar-refractivity contribution in [2.75, 3.05) is 13.2 Å². The van der Waals surface area contributed by atoms with E-state index in [9.17, 15) is 20.4 Å². The minimum absolute atomic E-state index is 0. The molecule has 0 rings (SSSR count). The normalized spacial score (nSPS) is 10.3. The van der Waals surface area contributed by atoms with Crippen molar-refractivity contribution in [1.82, 2.24) is 0 Å². The van der Waals surface area contributed by atoms with Crippen LogP contribution < -0.4 is 20.4 Å². The Labute approximate surface area is 287 Å². The molecule has 5 heteroatoms. The Hall–Kier alpha value is 0.554. The van der Waals surface area contributed by atoms with E-state index >= 15 is 0 Å². The maximum Gasteiger partial charge on any atom is 4.00 e. The molecule has 0 aromatic carbocycles. The van der Waals surface area contributed by atoms with Crippen LogP contribution in [-0.4, -0.2) is 25.4 Å². The zero-order valence-electron chi connectivity index (χ0n) is 30.5. The van der Waals surface area contributed by atoms with Crippen molar-refractivity contribution in [3.63, 3.8) is 0 Å². The Morgan fingerprint density at radius 1 is 0.302 bits per heavy atom. The molecule has 0 aliphatic rings. The van der Waals surface area contributed by atoms with E-state index in [2.05, 4.69) is 13.8 Å². The van der Waals surface area contributed by atoms with Crippen LogP contribution in [-0.2, 0) is 21.7 Å². The first-order valence-electron chi connectivity index (χ1n) is 18.8. The molecule has 0 bridgehead atoms. The molecule has 4 nitrogen and oxygen atoms in total. The number of hydrogen-bond donors (Lipinski definition) is 0. The Kier molecular flexibility index (Phi) is 67.9. The molecule has 0 unspecified atom stereocenters. The minimum Gasteiger partial charge on any atom is -0.854 e. The van der Waals surface area contributed by atoms with Gasteiger partial charge in [0.2, 0.25) is 0 Å². The summed E-state index contributed by atoms with van der Waals surface area (Å²) in [6.07, 6.45) is 36.9. The molecule has 0 aromatic rings. The summed E-state index contributed by atoms with van der Waals surface area (Å²) in [5, 5.41) is 39.5. The standard InChI is InChI=1S/2C16H33O.2C3H7O.Ti/c2*1-2-3-4-5-6-7-8-9-10-11-12-13-14-15-16-17;2*1-3(2)4;/h2*2-16H2,1H3;2*3H,1-2H3;/q4*-1;+4. The first-order chi connectivity index (χ1) is 20.3. The zero-order valence-corrected chi connectivity index (χ0v) is 32.1. The molecule has 0 amide bonds. The van der Waals surface area contributed by atoms with Gasteiger partial charge in [0.25, 0.3) is 0 Å². The van der Waals surface area contributed by atoms with Crippen LogP contribution >= 0.6 is 0 Å². The molecule has 43 heavy (non-hydrogen) atoms. The van der Waals surface area contributed by atoms with Gasteiger partial charge in [-0.3, -0.25) is 0 Å². The molecular weight excluding hydrogens is 568 g/mol. The SMILES string of the molecule is CC(C)[O-].CC(C)[O-].CCCCCCCCCCCCCCCC[O-].CCCCCCCCCCCCCCCC[O-].[Ti+4]. The third kappa shape index (κ3) is 85.8. The average molecular weight is 649 g/mol. The van der Waals surface area contributed by atoms with Crippen molar-refractivity contribution in [1.29, 1.82) is 0 Å². The van der Waals surface area contributed by atoms with Crippen LogP contribution in [0.4, 0.5) is 0 Å². The Bertz CT molecular complexity index is 325. The Balaban J connectivity index is -0.000000175. The molecule has 0 radical (unpaired) electrons. The third-order valence-corrected chi connectivity index (χ3v) is 7.00. The fraction of sp³-hybridized carbons (Fsp3) is 1.00. The van der Waals surface area contributed by atoms with E-state index in [1.54, 1.807) is 27.7 Å². The van der Waals surface area contributed by atoms with Gasteiger partial charge in [-0.1, -0.05) is 221 Å². The first-order valence-corrected chi connectivity index (χ1v) is 18.8. The van der Waals surface area contributed by atoms with Crippen LogP contribution in [0.3, 0.4) is 0 Å². The molecule has 0 saturated heterocycles. The summed E-state index contributed by atoms with van der Waals surface area (Å²) in [4.78, 5) is 0. The van der Waals surface area contributed by atoms with E-state index in [4.69, 9.17) is 0 Å². The van der Waals surface area contributed by atoms with Crippen molar-refractivity contribution >= 4 is 0 Å². The fourth-order valence-electron chi connectivity index (χ4n) is 4.59. The van der Waals surface area contributed by atoms with E-state index in [0.717, 1.165) is 25.7 Å². The van der Waals surface area contributed by atoms with Crippen molar-refractivity contribution in [2.45, 2.75) is 234 Å². The summed E-state index contributed by atoms with van der Waals surface area (Å²) < 4.78 is 0. The van der Waals surface area contributed by atoms with Crippen molar-refractivity contribution in [2.24, 2.45) is 0 Å². The van der Waals surface area contributed by atoms with Gasteiger partial charge < -0.3 is 20.4 Å². The molecular formula is C38H80O4Ti. The Morgan fingerprint density at radius 2 is 0.419 bits per heavy atom. The van der Waals surface area contributed by atoms with Crippen LogP contribution in [0.1, 0.15) is 221 Å². The van der Waals surface area contributed by atoms with Crippen LogP contribution in [0.25, 0.3) is 0 Å². The van der Waals surface area contributed by atoms with Gasteiger partial charge in [0.1, 0.15) is 0 Å². The summed E-state index contributed by atoms with van der Waals surface area (Å²) >= 11 is 0. The van der Waals surface area contributed by atoms with Gasteiger partial charge in [0, 0.05) is 0 Å².